The number of unbranched alkanes of at least 4 members (excludes halogenated alkanes) is 8. The summed E-state index contributed by atoms with van der Waals surface area (Å²) in [5, 5.41) is 99.3. The summed E-state index contributed by atoms with van der Waals surface area (Å²) in [6.45, 7) is 2.60. The Morgan fingerprint density at radius 2 is 0.936 bits per heavy atom. The minimum Gasteiger partial charge on any atom is -0.463 e. The minimum absolute atomic E-state index is 0.541. The lowest BCUT2D eigenvalue weighted by molar-refractivity contribution is -0.361. The summed E-state index contributed by atoms with van der Waals surface area (Å²) in [5.74, 6) is -3.92. The van der Waals surface area contributed by atoms with E-state index in [1.807, 2.05) is 0 Å². The van der Waals surface area contributed by atoms with Crippen LogP contribution in [0.2, 0.25) is 0 Å². The van der Waals surface area contributed by atoms with Crippen molar-refractivity contribution in [3.05, 3.63) is 24.3 Å². The fraction of sp³-hybridized carbons (Fsp3) is 0.812. The van der Waals surface area contributed by atoms with E-state index < -0.39 is 189 Å². The van der Waals surface area contributed by atoms with Crippen molar-refractivity contribution >= 4 is 40.0 Å². The van der Waals surface area contributed by atoms with Gasteiger partial charge in [-0.05, 0) is 44.6 Å². The highest BCUT2D eigenvalue weighted by molar-refractivity contribution is 7.80. The van der Waals surface area contributed by atoms with Crippen molar-refractivity contribution in [2.75, 3.05) is 26.4 Å². The third kappa shape index (κ3) is 20.3. The Labute approximate surface area is 452 Å². The van der Waals surface area contributed by atoms with Crippen LogP contribution < -0.4 is 21.3 Å². The van der Waals surface area contributed by atoms with Gasteiger partial charge in [0, 0.05) is 27.7 Å². The van der Waals surface area contributed by atoms with E-state index in [0.717, 1.165) is 59.8 Å². The molecular formula is C48H80N4O25S. The van der Waals surface area contributed by atoms with E-state index in [2.05, 4.69) is 44.5 Å². The van der Waals surface area contributed by atoms with Gasteiger partial charge in [-0.2, -0.15) is 8.42 Å². The van der Waals surface area contributed by atoms with E-state index in [-0.39, 0.29) is 0 Å². The first-order valence-corrected chi connectivity index (χ1v) is 27.3. The predicted octanol–water partition coefficient (Wildman–Crippen LogP) is -3.76. The second-order valence-electron chi connectivity index (χ2n) is 19.4. The first kappa shape index (κ1) is 66.6. The van der Waals surface area contributed by atoms with Crippen LogP contribution in [0, 0.1) is 0 Å². The lowest BCUT2D eigenvalue weighted by Gasteiger charge is -2.51. The molecular weight excluding hydrogens is 1060 g/mol. The fourth-order valence-corrected chi connectivity index (χ4v) is 9.60. The van der Waals surface area contributed by atoms with Gasteiger partial charge in [0.1, 0.15) is 104 Å². The summed E-state index contributed by atoms with van der Waals surface area (Å²) >= 11 is 0. The number of carbonyl (C=O) groups excluding carboxylic acids is 5. The Hall–Kier alpha value is -3.90. The second-order valence-corrected chi connectivity index (χ2v) is 20.5. The zero-order valence-electron chi connectivity index (χ0n) is 44.2. The van der Waals surface area contributed by atoms with Gasteiger partial charge in [-0.25, -0.2) is 4.18 Å². The molecule has 0 spiro atoms. The van der Waals surface area contributed by atoms with E-state index in [9.17, 15) is 77.8 Å². The van der Waals surface area contributed by atoms with Crippen molar-refractivity contribution in [2.24, 2.45) is 0 Å². The van der Waals surface area contributed by atoms with Gasteiger partial charge in [0.15, 0.2) is 25.2 Å². The number of rotatable bonds is 29. The zero-order valence-corrected chi connectivity index (χ0v) is 45.0. The van der Waals surface area contributed by atoms with Crippen molar-refractivity contribution < 1.29 is 120 Å². The third-order valence-electron chi connectivity index (χ3n) is 13.1. The number of carbonyl (C=O) groups is 5. The summed E-state index contributed by atoms with van der Waals surface area (Å²) < 4.78 is 83.2. The molecule has 0 aromatic carbocycles. The van der Waals surface area contributed by atoms with Crippen molar-refractivity contribution in [1.29, 1.82) is 0 Å². The van der Waals surface area contributed by atoms with Crippen LogP contribution in [0.1, 0.15) is 98.8 Å². The maximum absolute atomic E-state index is 13.3. The van der Waals surface area contributed by atoms with Crippen molar-refractivity contribution in [3.63, 3.8) is 0 Å². The van der Waals surface area contributed by atoms with Gasteiger partial charge in [-0.3, -0.25) is 28.5 Å². The maximum Gasteiger partial charge on any atom is 0.397 e. The Balaban J connectivity index is 1.56. The molecule has 0 bridgehead atoms. The molecule has 10 unspecified atom stereocenters. The highest BCUT2D eigenvalue weighted by Gasteiger charge is 2.56. The van der Waals surface area contributed by atoms with Gasteiger partial charge >= 0.3 is 16.4 Å². The van der Waals surface area contributed by atoms with Gasteiger partial charge in [0.05, 0.1) is 19.8 Å². The molecule has 30 heteroatoms. The summed E-state index contributed by atoms with van der Waals surface area (Å²) in [6, 6.07) is -6.73. The number of aliphatic hydroxyl groups is 8. The number of hydrogen-bond acceptors (Lipinski definition) is 24. The predicted molar refractivity (Wildman–Crippen MR) is 265 cm³/mol. The SMILES string of the molecule is CCCCCCC=CCCCCCC=CC(=O)NC1[C@H](O[C@@H]2C(CO)O[C@@H](O[C@@H]3C(CO)O[C@@H](O[C@@H]4C(COS(=O)(=O)O)O[C@@H](O)C(NC(C)=O)C4O)C(NC(C)=O)[C@H]3O)C(NC(C)=O)C2O)OC(COC(C)=O)[C@@H](O)[C@@H]1O. The molecule has 4 amide bonds. The summed E-state index contributed by atoms with van der Waals surface area (Å²) in [5.41, 5.74) is 0. The molecule has 4 saturated heterocycles. The lowest BCUT2D eigenvalue weighted by Crippen LogP contribution is -2.71. The normalized spacial score (nSPS) is 35.5. The first-order chi connectivity index (χ1) is 36.9. The molecule has 0 aliphatic carbocycles. The largest absolute Gasteiger partial charge is 0.463 e. The first-order valence-electron chi connectivity index (χ1n) is 26.0. The molecule has 0 aromatic rings. The molecule has 0 aromatic heterocycles. The molecule has 448 valence electrons. The quantitative estimate of drug-likeness (QED) is 0.0112. The van der Waals surface area contributed by atoms with Gasteiger partial charge in [0.25, 0.3) is 0 Å². The van der Waals surface area contributed by atoms with Crippen LogP contribution in [0.4, 0.5) is 0 Å². The molecule has 0 radical (unpaired) electrons. The van der Waals surface area contributed by atoms with E-state index in [4.69, 9.17) is 37.9 Å². The molecule has 4 heterocycles. The number of esters is 1. The van der Waals surface area contributed by atoms with Crippen molar-refractivity contribution in [1.82, 2.24) is 21.3 Å². The number of ether oxygens (including phenoxy) is 8. The molecule has 4 aliphatic rings. The molecule has 29 nitrogen and oxygen atoms in total. The monoisotopic (exact) mass is 1140 g/mol. The Kier molecular flexibility index (Phi) is 27.8. The van der Waals surface area contributed by atoms with Crippen molar-refractivity contribution in [2.45, 2.75) is 221 Å². The molecule has 20 atom stereocenters. The maximum atomic E-state index is 13.3. The highest BCUT2D eigenvalue weighted by Crippen LogP contribution is 2.35. The Bertz CT molecular complexity index is 2070. The van der Waals surface area contributed by atoms with Crippen LogP contribution in [0.25, 0.3) is 0 Å². The van der Waals surface area contributed by atoms with E-state index in [0.29, 0.717) is 6.42 Å². The van der Waals surface area contributed by atoms with Crippen LogP contribution in [0.15, 0.2) is 24.3 Å². The van der Waals surface area contributed by atoms with E-state index >= 15 is 0 Å². The number of amides is 4. The number of hydrogen-bond donors (Lipinski definition) is 13. The van der Waals surface area contributed by atoms with Gasteiger partial charge < -0.3 is 100 Å². The highest BCUT2D eigenvalue weighted by atomic mass is 32.3. The lowest BCUT2D eigenvalue weighted by atomic mass is 9.93. The van der Waals surface area contributed by atoms with Gasteiger partial charge in [-0.15, -0.1) is 0 Å². The number of aliphatic hydroxyl groups excluding tert-OH is 8. The Morgan fingerprint density at radius 3 is 1.38 bits per heavy atom. The average Bonchev–Trinajstić information content (AvgIpc) is 3.43. The number of allylic oxidation sites excluding steroid dienone is 3. The summed E-state index contributed by atoms with van der Waals surface area (Å²) in [6.07, 6.45) is -12.2. The van der Waals surface area contributed by atoms with Crippen LogP contribution >= 0.6 is 0 Å². The summed E-state index contributed by atoms with van der Waals surface area (Å²) in [4.78, 5) is 62.4. The van der Waals surface area contributed by atoms with Crippen molar-refractivity contribution in [3.8, 4) is 0 Å². The molecule has 13 N–H and O–H groups in total. The molecule has 4 fully saturated rings. The standard InChI is InChI=1S/C48H80N4O25S/c1-6-7-8-9-10-11-12-13-14-15-16-17-18-19-32(59)52-34-38(61)37(60)30(22-69-27(5)58)74-46(34)75-42-28(20-53)72-47(35(40(42)63)50-25(3)56)76-43-29(21-54)73-48(36(41(43)64)51-26(4)57)77-44-31(23-70-78(66,67)68)71-45(65)33(39(44)62)49-24(2)55/h11-12,18-19,28-31,33-48,53-54,60-65H,6-10,13-17,20-23H2,1-5H3,(H,49,55)(H,50,56)(H,51,57)(H,52,59)(H,66,67,68)/t28?,29?,30?,31?,33?,34?,35?,36?,37-,38-,39?,40?,41-,42-,43-,44-,45-,46+,47+,48+/m1/s1. The van der Waals surface area contributed by atoms with Crippen LogP contribution in [-0.4, -0.2) is 232 Å². The molecule has 78 heavy (non-hydrogen) atoms. The van der Waals surface area contributed by atoms with Gasteiger partial charge in [-0.1, -0.05) is 50.8 Å². The molecule has 0 saturated carbocycles. The van der Waals surface area contributed by atoms with E-state index in [1.54, 1.807) is 6.08 Å². The fourth-order valence-electron chi connectivity index (χ4n) is 9.29. The molecule has 4 rings (SSSR count). The third-order valence-corrected chi connectivity index (χ3v) is 13.6. The van der Waals surface area contributed by atoms with Gasteiger partial charge in [0.2, 0.25) is 23.6 Å². The molecule has 4 aliphatic heterocycles. The smallest absolute Gasteiger partial charge is 0.397 e. The van der Waals surface area contributed by atoms with Crippen LogP contribution in [0.5, 0.6) is 0 Å². The zero-order chi connectivity index (χ0) is 57.9. The van der Waals surface area contributed by atoms with E-state index in [1.165, 1.54) is 31.8 Å². The second kappa shape index (κ2) is 32.5. The summed E-state index contributed by atoms with van der Waals surface area (Å²) in [7, 11) is -5.16. The number of nitrogens with one attached hydrogen (secondary N) is 4. The topological polar surface area (TPSA) is 433 Å². The Morgan fingerprint density at radius 1 is 0.513 bits per heavy atom. The minimum atomic E-state index is -5.16. The average molecular weight is 1150 g/mol. The van der Waals surface area contributed by atoms with Crippen LogP contribution in [0.3, 0.4) is 0 Å². The van der Waals surface area contributed by atoms with Crippen LogP contribution in [-0.2, 0) is 76.4 Å².